The van der Waals surface area contributed by atoms with Crippen LogP contribution in [0.3, 0.4) is 0 Å². The molecule has 1 unspecified atom stereocenters. The Morgan fingerprint density at radius 3 is 2.59 bits per heavy atom. The van der Waals surface area contributed by atoms with E-state index in [1.165, 1.54) is 5.56 Å². The maximum absolute atomic E-state index is 10.0. The molecule has 2 N–H and O–H groups in total. The maximum atomic E-state index is 10.0. The van der Waals surface area contributed by atoms with E-state index in [1.807, 2.05) is 30.3 Å². The number of benzene rings is 2. The van der Waals surface area contributed by atoms with Gasteiger partial charge in [0.1, 0.15) is 6.07 Å². The number of aliphatic hydroxyl groups is 2. The normalized spacial score (nSPS) is 17.8. The van der Waals surface area contributed by atoms with E-state index in [9.17, 15) is 15.5 Å². The topological polar surface area (TPSA) is 83.6 Å². The van der Waals surface area contributed by atoms with Crippen LogP contribution in [0.2, 0.25) is 5.02 Å². The number of hydrogen-bond donors (Lipinski definition) is 2. The summed E-state index contributed by atoms with van der Waals surface area (Å²) in [7, 11) is 0. The van der Waals surface area contributed by atoms with Crippen LogP contribution in [0.15, 0.2) is 60.8 Å². The summed E-state index contributed by atoms with van der Waals surface area (Å²) in [4.78, 5) is 9.03. The van der Waals surface area contributed by atoms with Crippen LogP contribution in [-0.2, 0) is 13.0 Å². The lowest BCUT2D eigenvalue weighted by molar-refractivity contribution is 0.185. The number of halogens is 1. The highest BCUT2D eigenvalue weighted by Crippen LogP contribution is 2.34. The molecular formula is C30H35ClN4O2. The Morgan fingerprint density at radius 2 is 1.89 bits per heavy atom. The third-order valence-corrected chi connectivity index (χ3v) is 7.42. The van der Waals surface area contributed by atoms with Crippen molar-refractivity contribution in [1.82, 2.24) is 9.88 Å². The van der Waals surface area contributed by atoms with E-state index in [1.54, 1.807) is 13.1 Å². The number of aliphatic hydroxyl groups excluding tert-OH is 2. The van der Waals surface area contributed by atoms with Gasteiger partial charge in [0.25, 0.3) is 0 Å². The number of nitriles is 1. The van der Waals surface area contributed by atoms with E-state index < -0.39 is 0 Å². The van der Waals surface area contributed by atoms with Crippen LogP contribution < -0.4 is 4.90 Å². The summed E-state index contributed by atoms with van der Waals surface area (Å²) >= 11 is 6.20. The summed E-state index contributed by atoms with van der Waals surface area (Å²) in [5.74, 6) is 0.286. The minimum atomic E-state index is -0.364. The van der Waals surface area contributed by atoms with Crippen LogP contribution in [-0.4, -0.2) is 52.4 Å². The van der Waals surface area contributed by atoms with Crippen molar-refractivity contribution in [2.45, 2.75) is 51.4 Å². The van der Waals surface area contributed by atoms with Gasteiger partial charge in [0.15, 0.2) is 0 Å². The number of aromatic nitrogens is 1. The SMILES string of the molecule is CC(O)CCc1ccc(N2CCN(C[C@H](C)c3ccnc(CO)c3)C[C@H]2c2ccc(Cl)cc2)c(C#N)c1. The average molecular weight is 519 g/mol. The molecule has 1 aliphatic rings. The number of nitrogens with zero attached hydrogens (tertiary/aromatic N) is 4. The molecule has 37 heavy (non-hydrogen) atoms. The summed E-state index contributed by atoms with van der Waals surface area (Å²) in [6.45, 7) is 7.31. The first-order valence-corrected chi connectivity index (χ1v) is 13.3. The molecule has 0 spiro atoms. The van der Waals surface area contributed by atoms with E-state index >= 15 is 0 Å². The Morgan fingerprint density at radius 1 is 1.11 bits per heavy atom. The molecule has 2 aromatic carbocycles. The molecule has 7 heteroatoms. The molecule has 1 fully saturated rings. The fourth-order valence-corrected chi connectivity index (χ4v) is 5.23. The monoisotopic (exact) mass is 518 g/mol. The minimum Gasteiger partial charge on any atom is -0.393 e. The van der Waals surface area contributed by atoms with Crippen LogP contribution >= 0.6 is 11.6 Å². The molecule has 1 aromatic heterocycles. The third kappa shape index (κ3) is 6.88. The first kappa shape index (κ1) is 27.1. The summed E-state index contributed by atoms with van der Waals surface area (Å²) < 4.78 is 0. The van der Waals surface area contributed by atoms with Crippen molar-refractivity contribution in [3.05, 3.63) is 93.8 Å². The molecule has 6 nitrogen and oxygen atoms in total. The predicted octanol–water partition coefficient (Wildman–Crippen LogP) is 5.08. The summed E-state index contributed by atoms with van der Waals surface area (Å²) in [6.07, 6.45) is 2.81. The highest BCUT2D eigenvalue weighted by atomic mass is 35.5. The molecule has 0 radical (unpaired) electrons. The van der Waals surface area contributed by atoms with Gasteiger partial charge in [-0.2, -0.15) is 5.26 Å². The Bertz CT molecular complexity index is 1220. The van der Waals surface area contributed by atoms with Gasteiger partial charge in [0.05, 0.1) is 35.7 Å². The quantitative estimate of drug-likeness (QED) is 0.411. The third-order valence-electron chi connectivity index (χ3n) is 7.16. The number of rotatable bonds is 9. The summed E-state index contributed by atoms with van der Waals surface area (Å²) in [5.41, 5.74) is 5.69. The number of pyridine rings is 1. The van der Waals surface area contributed by atoms with Crippen molar-refractivity contribution < 1.29 is 10.2 Å². The van der Waals surface area contributed by atoms with Crippen LogP contribution in [0.4, 0.5) is 5.69 Å². The predicted molar refractivity (Wildman–Crippen MR) is 148 cm³/mol. The van der Waals surface area contributed by atoms with Gasteiger partial charge in [-0.05, 0) is 78.8 Å². The van der Waals surface area contributed by atoms with Crippen molar-refractivity contribution >= 4 is 17.3 Å². The lowest BCUT2D eigenvalue weighted by Gasteiger charge is -2.44. The maximum Gasteiger partial charge on any atom is 0.101 e. The van der Waals surface area contributed by atoms with Gasteiger partial charge < -0.3 is 15.1 Å². The van der Waals surface area contributed by atoms with Crippen LogP contribution in [0, 0.1) is 11.3 Å². The Hall–Kier alpha value is -2.95. The largest absolute Gasteiger partial charge is 0.393 e. The van der Waals surface area contributed by atoms with E-state index in [0.717, 1.165) is 49.4 Å². The summed E-state index contributed by atoms with van der Waals surface area (Å²) in [5, 5.41) is 29.8. The summed E-state index contributed by atoms with van der Waals surface area (Å²) in [6, 6.07) is 20.6. The fourth-order valence-electron chi connectivity index (χ4n) is 5.10. The number of piperazine rings is 1. The van der Waals surface area contributed by atoms with Crippen LogP contribution in [0.5, 0.6) is 0 Å². The van der Waals surface area contributed by atoms with Gasteiger partial charge >= 0.3 is 0 Å². The molecule has 0 saturated carbocycles. The molecule has 4 rings (SSSR count). The fraction of sp³-hybridized carbons (Fsp3) is 0.400. The number of anilines is 1. The Kier molecular flexibility index (Phi) is 9.18. The molecule has 0 amide bonds. The Labute approximate surface area is 224 Å². The van der Waals surface area contributed by atoms with E-state index in [4.69, 9.17) is 11.6 Å². The van der Waals surface area contributed by atoms with Gasteiger partial charge in [-0.3, -0.25) is 9.88 Å². The second-order valence-corrected chi connectivity index (χ2v) is 10.4. The second-order valence-electron chi connectivity index (χ2n) is 10.0. The Balaban J connectivity index is 1.58. The number of aryl methyl sites for hydroxylation is 1. The second kappa shape index (κ2) is 12.5. The van der Waals surface area contributed by atoms with Gasteiger partial charge in [-0.15, -0.1) is 0 Å². The first-order chi connectivity index (χ1) is 17.9. The molecule has 194 valence electrons. The lowest BCUT2D eigenvalue weighted by Crippen LogP contribution is -2.49. The van der Waals surface area contributed by atoms with Gasteiger partial charge in [-0.1, -0.05) is 36.7 Å². The standard InChI is InChI=1S/C30H35ClN4O2/c1-21(25-11-12-33-28(16-25)20-36)18-34-13-14-35(30(19-34)24-6-8-27(31)9-7-24)29-10-5-23(4-3-22(2)37)15-26(29)17-32/h5-12,15-16,21-22,30,36-37H,3-4,13-14,18-20H2,1-2H3/t21-,22?,30-/m0/s1. The highest BCUT2D eigenvalue weighted by molar-refractivity contribution is 6.30. The van der Waals surface area contributed by atoms with Crippen molar-refractivity contribution in [1.29, 1.82) is 5.26 Å². The highest BCUT2D eigenvalue weighted by Gasteiger charge is 2.30. The van der Waals surface area contributed by atoms with E-state index in [2.05, 4.69) is 52.0 Å². The molecule has 2 heterocycles. The van der Waals surface area contributed by atoms with Crippen molar-refractivity contribution in [2.24, 2.45) is 0 Å². The van der Waals surface area contributed by atoms with Gasteiger partial charge in [-0.25, -0.2) is 0 Å². The zero-order valence-corrected chi connectivity index (χ0v) is 22.3. The molecule has 3 atom stereocenters. The van der Waals surface area contributed by atoms with Crippen molar-refractivity contribution in [2.75, 3.05) is 31.1 Å². The molecule has 0 bridgehead atoms. The average Bonchev–Trinajstić information content (AvgIpc) is 2.92. The molecule has 0 aliphatic carbocycles. The van der Waals surface area contributed by atoms with Crippen LogP contribution in [0.25, 0.3) is 0 Å². The van der Waals surface area contributed by atoms with E-state index in [-0.39, 0.29) is 24.7 Å². The lowest BCUT2D eigenvalue weighted by atomic mass is 9.96. The smallest absolute Gasteiger partial charge is 0.101 e. The molecular weight excluding hydrogens is 484 g/mol. The minimum absolute atomic E-state index is 0.0586. The van der Waals surface area contributed by atoms with Gasteiger partial charge in [0, 0.05) is 37.4 Å². The zero-order chi connectivity index (χ0) is 26.4. The van der Waals surface area contributed by atoms with Crippen molar-refractivity contribution in [3.8, 4) is 6.07 Å². The zero-order valence-electron chi connectivity index (χ0n) is 21.5. The van der Waals surface area contributed by atoms with Crippen molar-refractivity contribution in [3.63, 3.8) is 0 Å². The molecule has 3 aromatic rings. The molecule has 1 saturated heterocycles. The number of hydrogen-bond acceptors (Lipinski definition) is 6. The van der Waals surface area contributed by atoms with Crippen LogP contribution in [0.1, 0.15) is 60.2 Å². The molecule has 1 aliphatic heterocycles. The van der Waals surface area contributed by atoms with E-state index in [0.29, 0.717) is 22.7 Å². The van der Waals surface area contributed by atoms with Gasteiger partial charge in [0.2, 0.25) is 0 Å². The first-order valence-electron chi connectivity index (χ1n) is 12.9.